The number of benzene rings is 2. The number of hydrazone groups is 1. The van der Waals surface area contributed by atoms with Gasteiger partial charge in [0.25, 0.3) is 11.6 Å². The summed E-state index contributed by atoms with van der Waals surface area (Å²) in [5, 5.41) is 14.3. The van der Waals surface area contributed by atoms with E-state index in [1.165, 1.54) is 18.3 Å². The Morgan fingerprint density at radius 2 is 1.78 bits per heavy atom. The average molecular weight is 310 g/mol. The molecule has 0 radical (unpaired) electrons. The molecule has 0 unspecified atom stereocenters. The minimum atomic E-state index is -0.457. The van der Waals surface area contributed by atoms with Gasteiger partial charge in [-0.05, 0) is 48.0 Å². The molecule has 0 spiro atoms. The quantitative estimate of drug-likeness (QED) is 0.382. The first-order valence-electron chi connectivity index (χ1n) is 6.66. The minimum Gasteiger partial charge on any atom is -0.399 e. The number of hydrogen-bond acceptors (Lipinski definition) is 5. The Bertz CT molecular complexity index is 750. The van der Waals surface area contributed by atoms with Crippen molar-refractivity contribution >= 4 is 29.6 Å². The van der Waals surface area contributed by atoms with Crippen LogP contribution in [-0.2, 0) is 0 Å². The number of hydrogen-bond donors (Lipinski definition) is 2. The zero-order valence-electron chi connectivity index (χ0n) is 12.0. The fraction of sp³-hybridized carbons (Fsp3) is 0. The molecule has 0 aromatic heterocycles. The van der Waals surface area contributed by atoms with Gasteiger partial charge in [-0.15, -0.1) is 0 Å². The first kappa shape index (κ1) is 15.9. The average Bonchev–Trinajstić information content (AvgIpc) is 2.55. The van der Waals surface area contributed by atoms with Gasteiger partial charge in [-0.3, -0.25) is 14.9 Å². The highest BCUT2D eigenvalue weighted by Crippen LogP contribution is 2.12. The van der Waals surface area contributed by atoms with Gasteiger partial charge in [0.1, 0.15) is 0 Å². The maximum Gasteiger partial charge on any atom is 0.271 e. The van der Waals surface area contributed by atoms with E-state index in [1.807, 2.05) is 0 Å². The fourth-order valence-corrected chi connectivity index (χ4v) is 1.70. The molecule has 0 aliphatic heterocycles. The number of allylic oxidation sites excluding steroid dienone is 1. The van der Waals surface area contributed by atoms with Crippen LogP contribution in [0.1, 0.15) is 15.9 Å². The van der Waals surface area contributed by atoms with E-state index in [1.54, 1.807) is 48.6 Å². The van der Waals surface area contributed by atoms with Crippen LogP contribution in [0, 0.1) is 10.1 Å². The van der Waals surface area contributed by atoms with Crippen molar-refractivity contribution in [3.05, 3.63) is 75.8 Å². The second-order valence-corrected chi connectivity index (χ2v) is 4.55. The van der Waals surface area contributed by atoms with Crippen LogP contribution < -0.4 is 11.2 Å². The molecular formula is C16H14N4O3. The molecule has 7 heteroatoms. The summed E-state index contributed by atoms with van der Waals surface area (Å²) in [6.07, 6.45) is 4.74. The zero-order valence-corrected chi connectivity index (χ0v) is 12.0. The summed E-state index contributed by atoms with van der Waals surface area (Å²) in [5.41, 5.74) is 9.77. The van der Waals surface area contributed by atoms with E-state index in [-0.39, 0.29) is 11.6 Å². The number of rotatable bonds is 5. The smallest absolute Gasteiger partial charge is 0.271 e. The van der Waals surface area contributed by atoms with E-state index in [0.29, 0.717) is 11.3 Å². The summed E-state index contributed by atoms with van der Waals surface area (Å²) in [4.78, 5) is 21.8. The van der Waals surface area contributed by atoms with Crippen molar-refractivity contribution < 1.29 is 9.72 Å². The Balaban J connectivity index is 1.87. The van der Waals surface area contributed by atoms with Gasteiger partial charge < -0.3 is 5.73 Å². The summed E-state index contributed by atoms with van der Waals surface area (Å²) < 4.78 is 0. The Hall–Kier alpha value is -3.48. The van der Waals surface area contributed by atoms with Crippen molar-refractivity contribution in [1.29, 1.82) is 0 Å². The van der Waals surface area contributed by atoms with Crippen LogP contribution in [0.15, 0.2) is 59.7 Å². The lowest BCUT2D eigenvalue weighted by atomic mass is 10.2. The van der Waals surface area contributed by atoms with Gasteiger partial charge in [0, 0.05) is 29.6 Å². The molecule has 7 nitrogen and oxygen atoms in total. The van der Waals surface area contributed by atoms with Gasteiger partial charge in [0.2, 0.25) is 0 Å². The number of amides is 1. The lowest BCUT2D eigenvalue weighted by Crippen LogP contribution is -2.17. The number of nitrogens with two attached hydrogens (primary N) is 1. The molecule has 0 fully saturated rings. The van der Waals surface area contributed by atoms with Gasteiger partial charge >= 0.3 is 0 Å². The van der Waals surface area contributed by atoms with Gasteiger partial charge in [0.15, 0.2) is 0 Å². The molecule has 2 aromatic carbocycles. The van der Waals surface area contributed by atoms with Crippen molar-refractivity contribution in [2.45, 2.75) is 0 Å². The lowest BCUT2D eigenvalue weighted by Gasteiger charge is -1.99. The Kier molecular flexibility index (Phi) is 5.19. The number of nitrogen functional groups attached to an aromatic ring is 1. The summed E-state index contributed by atoms with van der Waals surface area (Å²) in [5.74, 6) is -0.343. The number of nitrogens with zero attached hydrogens (tertiary/aromatic N) is 2. The number of non-ortho nitro benzene ring substituents is 1. The molecule has 0 aliphatic carbocycles. The van der Waals surface area contributed by atoms with Crippen LogP contribution in [-0.4, -0.2) is 17.0 Å². The van der Waals surface area contributed by atoms with Crippen molar-refractivity contribution in [3.63, 3.8) is 0 Å². The van der Waals surface area contributed by atoms with Gasteiger partial charge in [-0.25, -0.2) is 5.43 Å². The number of carbonyl (C=O) groups is 1. The third kappa shape index (κ3) is 4.78. The lowest BCUT2D eigenvalue weighted by molar-refractivity contribution is -0.384. The molecule has 0 bridgehead atoms. The van der Waals surface area contributed by atoms with Crippen LogP contribution in [0.5, 0.6) is 0 Å². The summed E-state index contributed by atoms with van der Waals surface area (Å²) in [6, 6.07) is 12.5. The maximum absolute atomic E-state index is 11.7. The molecular weight excluding hydrogens is 296 g/mol. The molecule has 2 aromatic rings. The molecule has 0 saturated carbocycles. The topological polar surface area (TPSA) is 111 Å². The number of nitro groups is 1. The summed E-state index contributed by atoms with van der Waals surface area (Å²) >= 11 is 0. The molecule has 0 atom stereocenters. The SMILES string of the molecule is Nc1ccc(C(=O)NN=C/C=C/c2ccc([N+](=O)[O-])cc2)cc1. The first-order valence-corrected chi connectivity index (χ1v) is 6.66. The van der Waals surface area contributed by atoms with Crippen LogP contribution >= 0.6 is 0 Å². The number of nitrogens with one attached hydrogen (secondary N) is 1. The van der Waals surface area contributed by atoms with Gasteiger partial charge in [-0.1, -0.05) is 6.08 Å². The summed E-state index contributed by atoms with van der Waals surface area (Å²) in [7, 11) is 0. The maximum atomic E-state index is 11.7. The van der Waals surface area contributed by atoms with Crippen molar-refractivity contribution in [2.75, 3.05) is 5.73 Å². The normalized spacial score (nSPS) is 11.0. The largest absolute Gasteiger partial charge is 0.399 e. The molecule has 3 N–H and O–H groups in total. The van der Waals surface area contributed by atoms with E-state index in [0.717, 1.165) is 5.56 Å². The number of carbonyl (C=O) groups excluding carboxylic acids is 1. The predicted octanol–water partition coefficient (Wildman–Crippen LogP) is 2.61. The standard InChI is InChI=1S/C16H14N4O3/c17-14-7-5-13(6-8-14)16(21)19-18-11-1-2-12-3-9-15(10-4-12)20(22)23/h1-11H,17H2,(H,19,21)/b2-1+,18-11?. The van der Waals surface area contributed by atoms with Crippen molar-refractivity contribution in [2.24, 2.45) is 5.10 Å². The Morgan fingerprint density at radius 1 is 1.13 bits per heavy atom. The van der Waals surface area contributed by atoms with Gasteiger partial charge in [-0.2, -0.15) is 5.10 Å². The van der Waals surface area contributed by atoms with E-state index in [9.17, 15) is 14.9 Å². The first-order chi connectivity index (χ1) is 11.1. The molecule has 23 heavy (non-hydrogen) atoms. The summed E-state index contributed by atoms with van der Waals surface area (Å²) in [6.45, 7) is 0. The molecule has 2 rings (SSSR count). The third-order valence-corrected chi connectivity index (χ3v) is 2.89. The van der Waals surface area contributed by atoms with E-state index in [4.69, 9.17) is 5.73 Å². The molecule has 0 saturated heterocycles. The van der Waals surface area contributed by atoms with E-state index < -0.39 is 4.92 Å². The molecule has 0 heterocycles. The minimum absolute atomic E-state index is 0.0339. The Morgan fingerprint density at radius 3 is 2.39 bits per heavy atom. The highest BCUT2D eigenvalue weighted by molar-refractivity contribution is 5.95. The van der Waals surface area contributed by atoms with E-state index >= 15 is 0 Å². The van der Waals surface area contributed by atoms with E-state index in [2.05, 4.69) is 10.5 Å². The van der Waals surface area contributed by atoms with Crippen LogP contribution in [0.4, 0.5) is 11.4 Å². The zero-order chi connectivity index (χ0) is 16.7. The monoisotopic (exact) mass is 310 g/mol. The molecule has 1 amide bonds. The van der Waals surface area contributed by atoms with Crippen LogP contribution in [0.2, 0.25) is 0 Å². The Labute approximate surface area is 132 Å². The van der Waals surface area contributed by atoms with Crippen molar-refractivity contribution in [3.8, 4) is 0 Å². The van der Waals surface area contributed by atoms with Gasteiger partial charge in [0.05, 0.1) is 4.92 Å². The molecule has 0 aliphatic rings. The van der Waals surface area contributed by atoms with Crippen LogP contribution in [0.3, 0.4) is 0 Å². The van der Waals surface area contributed by atoms with Crippen molar-refractivity contribution in [1.82, 2.24) is 5.43 Å². The molecule has 116 valence electrons. The number of anilines is 1. The second-order valence-electron chi connectivity index (χ2n) is 4.55. The third-order valence-electron chi connectivity index (χ3n) is 2.89. The second kappa shape index (κ2) is 7.51. The fourth-order valence-electron chi connectivity index (χ4n) is 1.70. The van der Waals surface area contributed by atoms with Crippen LogP contribution in [0.25, 0.3) is 6.08 Å². The highest BCUT2D eigenvalue weighted by Gasteiger charge is 2.03. The highest BCUT2D eigenvalue weighted by atomic mass is 16.6. The number of nitro benzene ring substituents is 1. The predicted molar refractivity (Wildman–Crippen MR) is 88.9 cm³/mol.